The maximum atomic E-state index is 11.8. The van der Waals surface area contributed by atoms with E-state index in [-0.39, 0.29) is 4.90 Å². The van der Waals surface area contributed by atoms with Crippen LogP contribution in [0.1, 0.15) is 0 Å². The molecular formula is C13H12N4O2S. The monoisotopic (exact) mass is 288 g/mol. The number of aromatic amines is 1. The van der Waals surface area contributed by atoms with Crippen LogP contribution in [-0.4, -0.2) is 30.4 Å². The number of benzene rings is 1. The van der Waals surface area contributed by atoms with Crippen LogP contribution in [-0.2, 0) is 10.0 Å². The van der Waals surface area contributed by atoms with Gasteiger partial charge in [-0.25, -0.2) is 23.1 Å². The summed E-state index contributed by atoms with van der Waals surface area (Å²) in [5.74, 6) is 0. The Morgan fingerprint density at radius 1 is 1.25 bits per heavy atom. The summed E-state index contributed by atoms with van der Waals surface area (Å²) < 4.78 is 25.9. The van der Waals surface area contributed by atoms with Crippen molar-refractivity contribution >= 4 is 21.2 Å². The number of nitrogens with zero attached hydrogens (tertiary/aromatic N) is 2. The molecular weight excluding hydrogens is 276 g/mol. The second kappa shape index (κ2) is 4.69. The molecule has 3 rings (SSSR count). The van der Waals surface area contributed by atoms with E-state index in [9.17, 15) is 8.42 Å². The molecule has 20 heavy (non-hydrogen) atoms. The predicted octanol–water partition coefficient (Wildman–Crippen LogP) is 1.53. The Hall–Kier alpha value is -2.25. The molecule has 2 N–H and O–H groups in total. The van der Waals surface area contributed by atoms with Crippen LogP contribution in [0.5, 0.6) is 0 Å². The molecule has 0 amide bonds. The number of aromatic nitrogens is 3. The van der Waals surface area contributed by atoms with Crippen LogP contribution < -0.4 is 4.72 Å². The second-order valence-corrected chi connectivity index (χ2v) is 6.09. The molecule has 2 heterocycles. The highest BCUT2D eigenvalue weighted by Crippen LogP contribution is 2.21. The topological polar surface area (TPSA) is 87.7 Å². The standard InChI is InChI=1S/C13H12N4O2S/c1-14-20(18,19)10-4-2-3-9(7-10)12-8-16-13-11(17-12)5-6-15-13/h2-8,14H,1H3,(H,15,16). The van der Waals surface area contributed by atoms with Crippen LogP contribution in [0.4, 0.5) is 0 Å². The van der Waals surface area contributed by atoms with E-state index in [2.05, 4.69) is 19.7 Å². The lowest BCUT2D eigenvalue weighted by molar-refractivity contribution is 0.588. The van der Waals surface area contributed by atoms with Gasteiger partial charge in [0.15, 0.2) is 5.65 Å². The van der Waals surface area contributed by atoms with Gasteiger partial charge in [0.05, 0.1) is 16.8 Å². The Labute approximate surface area is 115 Å². The van der Waals surface area contributed by atoms with Gasteiger partial charge in [0.1, 0.15) is 5.52 Å². The second-order valence-electron chi connectivity index (χ2n) is 4.20. The van der Waals surface area contributed by atoms with E-state index in [4.69, 9.17) is 0 Å². The molecule has 0 spiro atoms. The summed E-state index contributed by atoms with van der Waals surface area (Å²) in [5.41, 5.74) is 2.78. The van der Waals surface area contributed by atoms with E-state index in [0.717, 1.165) is 5.52 Å². The van der Waals surface area contributed by atoms with Gasteiger partial charge in [-0.1, -0.05) is 12.1 Å². The molecule has 0 atom stereocenters. The first-order valence-corrected chi connectivity index (χ1v) is 7.42. The number of nitrogens with one attached hydrogen (secondary N) is 2. The molecule has 0 unspecified atom stereocenters. The predicted molar refractivity (Wildman–Crippen MR) is 75.6 cm³/mol. The van der Waals surface area contributed by atoms with E-state index in [1.807, 2.05) is 6.07 Å². The van der Waals surface area contributed by atoms with Crippen molar-refractivity contribution in [1.29, 1.82) is 0 Å². The van der Waals surface area contributed by atoms with Gasteiger partial charge in [-0.3, -0.25) is 0 Å². The van der Waals surface area contributed by atoms with E-state index in [1.54, 1.807) is 30.6 Å². The number of hydrogen-bond donors (Lipinski definition) is 2. The molecule has 3 aromatic rings. The first kappa shape index (κ1) is 12.8. The molecule has 0 aliphatic rings. The Bertz CT molecular complexity index is 871. The normalized spacial score (nSPS) is 11.8. The van der Waals surface area contributed by atoms with E-state index in [1.165, 1.54) is 13.1 Å². The number of H-pyrrole nitrogens is 1. The fourth-order valence-corrected chi connectivity index (χ4v) is 2.69. The van der Waals surface area contributed by atoms with Gasteiger partial charge in [-0.05, 0) is 25.2 Å². The van der Waals surface area contributed by atoms with Crippen molar-refractivity contribution in [1.82, 2.24) is 19.7 Å². The summed E-state index contributed by atoms with van der Waals surface area (Å²) in [5, 5.41) is 0. The number of sulfonamides is 1. The van der Waals surface area contributed by atoms with Crippen LogP contribution in [0.2, 0.25) is 0 Å². The van der Waals surface area contributed by atoms with Gasteiger partial charge in [0.25, 0.3) is 0 Å². The molecule has 0 fully saturated rings. The maximum Gasteiger partial charge on any atom is 0.240 e. The summed E-state index contributed by atoms with van der Waals surface area (Å²) >= 11 is 0. The summed E-state index contributed by atoms with van der Waals surface area (Å²) in [7, 11) is -2.08. The zero-order chi connectivity index (χ0) is 14.2. The van der Waals surface area contributed by atoms with Crippen molar-refractivity contribution in [2.24, 2.45) is 0 Å². The van der Waals surface area contributed by atoms with Crippen LogP contribution in [0.25, 0.3) is 22.4 Å². The smallest absolute Gasteiger partial charge is 0.240 e. The summed E-state index contributed by atoms with van der Waals surface area (Å²) in [6.45, 7) is 0. The minimum Gasteiger partial charge on any atom is -0.345 e. The highest BCUT2D eigenvalue weighted by Gasteiger charge is 2.12. The molecule has 0 aliphatic heterocycles. The summed E-state index contributed by atoms with van der Waals surface area (Å²) in [6.07, 6.45) is 3.38. The SMILES string of the molecule is CNS(=O)(=O)c1cccc(-c2cnc3[nH]ccc3n2)c1. The van der Waals surface area contributed by atoms with Crippen molar-refractivity contribution in [3.8, 4) is 11.3 Å². The lowest BCUT2D eigenvalue weighted by atomic mass is 10.2. The van der Waals surface area contributed by atoms with Crippen LogP contribution >= 0.6 is 0 Å². The Balaban J connectivity index is 2.12. The Kier molecular flexibility index (Phi) is 3.00. The van der Waals surface area contributed by atoms with E-state index < -0.39 is 10.0 Å². The third kappa shape index (κ3) is 2.17. The third-order valence-electron chi connectivity index (χ3n) is 2.97. The largest absolute Gasteiger partial charge is 0.345 e. The van der Waals surface area contributed by atoms with E-state index in [0.29, 0.717) is 16.9 Å². The van der Waals surface area contributed by atoms with Gasteiger partial charge in [0.2, 0.25) is 10.0 Å². The molecule has 0 bridgehead atoms. The zero-order valence-corrected chi connectivity index (χ0v) is 11.5. The molecule has 6 nitrogen and oxygen atoms in total. The summed E-state index contributed by atoms with van der Waals surface area (Å²) in [4.78, 5) is 11.9. The molecule has 7 heteroatoms. The Morgan fingerprint density at radius 3 is 2.90 bits per heavy atom. The minimum absolute atomic E-state index is 0.202. The Morgan fingerprint density at radius 2 is 2.10 bits per heavy atom. The molecule has 1 aromatic carbocycles. The zero-order valence-electron chi connectivity index (χ0n) is 10.7. The van der Waals surface area contributed by atoms with Crippen molar-refractivity contribution in [3.05, 3.63) is 42.7 Å². The van der Waals surface area contributed by atoms with Crippen molar-refractivity contribution in [2.75, 3.05) is 7.05 Å². The van der Waals surface area contributed by atoms with Gasteiger partial charge in [0, 0.05) is 11.8 Å². The lowest BCUT2D eigenvalue weighted by Crippen LogP contribution is -2.18. The van der Waals surface area contributed by atoms with E-state index >= 15 is 0 Å². The van der Waals surface area contributed by atoms with Gasteiger partial charge < -0.3 is 4.98 Å². The van der Waals surface area contributed by atoms with Crippen molar-refractivity contribution < 1.29 is 8.42 Å². The molecule has 0 aliphatic carbocycles. The quantitative estimate of drug-likeness (QED) is 0.765. The van der Waals surface area contributed by atoms with Crippen LogP contribution in [0.15, 0.2) is 47.6 Å². The number of fused-ring (bicyclic) bond motifs is 1. The van der Waals surface area contributed by atoms with Gasteiger partial charge in [-0.2, -0.15) is 0 Å². The number of hydrogen-bond acceptors (Lipinski definition) is 4. The lowest BCUT2D eigenvalue weighted by Gasteiger charge is -2.05. The van der Waals surface area contributed by atoms with Crippen LogP contribution in [0.3, 0.4) is 0 Å². The highest BCUT2D eigenvalue weighted by atomic mass is 32.2. The first-order valence-electron chi connectivity index (χ1n) is 5.94. The fraction of sp³-hybridized carbons (Fsp3) is 0.0769. The maximum absolute atomic E-state index is 11.8. The van der Waals surface area contributed by atoms with Gasteiger partial charge >= 0.3 is 0 Å². The van der Waals surface area contributed by atoms with Gasteiger partial charge in [-0.15, -0.1) is 0 Å². The fourth-order valence-electron chi connectivity index (χ4n) is 1.91. The van der Waals surface area contributed by atoms with Crippen molar-refractivity contribution in [2.45, 2.75) is 4.90 Å². The molecule has 102 valence electrons. The minimum atomic E-state index is -3.46. The average Bonchev–Trinajstić information content (AvgIpc) is 2.94. The summed E-state index contributed by atoms with van der Waals surface area (Å²) in [6, 6.07) is 8.42. The van der Waals surface area contributed by atoms with Crippen LogP contribution in [0, 0.1) is 0 Å². The third-order valence-corrected chi connectivity index (χ3v) is 4.38. The molecule has 0 saturated carbocycles. The number of rotatable bonds is 3. The molecule has 0 radical (unpaired) electrons. The molecule has 2 aromatic heterocycles. The first-order chi connectivity index (χ1) is 9.60. The molecule has 0 saturated heterocycles. The van der Waals surface area contributed by atoms with Crippen molar-refractivity contribution in [3.63, 3.8) is 0 Å². The average molecular weight is 288 g/mol. The highest BCUT2D eigenvalue weighted by molar-refractivity contribution is 7.89.